The van der Waals surface area contributed by atoms with Crippen LogP contribution in [0.2, 0.25) is 0 Å². The Bertz CT molecular complexity index is 864. The number of hydrogen-bond acceptors (Lipinski definition) is 6. The van der Waals surface area contributed by atoms with E-state index in [1.54, 1.807) is 36.4 Å². The molecule has 0 unspecified atom stereocenters. The zero-order valence-electron chi connectivity index (χ0n) is 15.1. The van der Waals surface area contributed by atoms with Crippen LogP contribution in [0.3, 0.4) is 0 Å². The summed E-state index contributed by atoms with van der Waals surface area (Å²) < 4.78 is 9.69. The van der Waals surface area contributed by atoms with Gasteiger partial charge in [0.2, 0.25) is 5.91 Å². The summed E-state index contributed by atoms with van der Waals surface area (Å²) in [6.07, 6.45) is 2.22. The van der Waals surface area contributed by atoms with E-state index >= 15 is 0 Å². The first-order valence-corrected chi connectivity index (χ1v) is 8.24. The highest BCUT2D eigenvalue weighted by Gasteiger charge is 2.05. The predicted molar refractivity (Wildman–Crippen MR) is 104 cm³/mol. The highest BCUT2D eigenvalue weighted by molar-refractivity contribution is 6.02. The number of anilines is 2. The first kappa shape index (κ1) is 20.6. The lowest BCUT2D eigenvalue weighted by atomic mass is 10.2. The van der Waals surface area contributed by atoms with Gasteiger partial charge >= 0.3 is 6.09 Å². The number of ether oxygens (including phenoxy) is 2. The molecule has 0 aromatic heterocycles. The van der Waals surface area contributed by atoms with Crippen LogP contribution in [0, 0.1) is 10.1 Å². The van der Waals surface area contributed by atoms with Crippen molar-refractivity contribution >= 4 is 35.1 Å². The van der Waals surface area contributed by atoms with Crippen molar-refractivity contribution in [3.05, 3.63) is 70.3 Å². The predicted octanol–water partition coefficient (Wildman–Crippen LogP) is 3.44. The molecule has 0 aliphatic rings. The molecule has 2 N–H and O–H groups in total. The van der Waals surface area contributed by atoms with Crippen molar-refractivity contribution in [1.29, 1.82) is 0 Å². The van der Waals surface area contributed by atoms with Gasteiger partial charge in [-0.1, -0.05) is 6.07 Å². The van der Waals surface area contributed by atoms with E-state index in [1.165, 1.54) is 31.4 Å². The normalized spacial score (nSPS) is 10.5. The minimum Gasteiger partial charge on any atom is -0.447 e. The molecule has 0 atom stereocenters. The molecule has 2 rings (SSSR count). The van der Waals surface area contributed by atoms with Crippen LogP contribution in [0.5, 0.6) is 0 Å². The number of carbonyl (C=O) groups excluding carboxylic acids is 2. The van der Waals surface area contributed by atoms with E-state index in [1.807, 2.05) is 0 Å². The van der Waals surface area contributed by atoms with Gasteiger partial charge in [-0.15, -0.1) is 0 Å². The summed E-state index contributed by atoms with van der Waals surface area (Å²) >= 11 is 0. The van der Waals surface area contributed by atoms with Crippen LogP contribution >= 0.6 is 0 Å². The number of benzene rings is 2. The Balaban J connectivity index is 1.91. The largest absolute Gasteiger partial charge is 0.447 e. The van der Waals surface area contributed by atoms with Crippen molar-refractivity contribution in [2.24, 2.45) is 0 Å². The molecule has 2 aromatic carbocycles. The fourth-order valence-electron chi connectivity index (χ4n) is 2.11. The average molecular weight is 385 g/mol. The summed E-state index contributed by atoms with van der Waals surface area (Å²) in [7, 11) is 1.50. The minimum atomic E-state index is -0.626. The SMILES string of the molecule is COCCOC(=O)Nc1cccc(NC(=O)/C=C/c2ccc([N+](=O)[O-])cc2)c1. The van der Waals surface area contributed by atoms with Crippen molar-refractivity contribution < 1.29 is 24.0 Å². The van der Waals surface area contributed by atoms with Gasteiger partial charge in [0.25, 0.3) is 5.69 Å². The van der Waals surface area contributed by atoms with Gasteiger partial charge in [-0.05, 0) is 42.0 Å². The number of nitrogens with one attached hydrogen (secondary N) is 2. The first-order chi connectivity index (χ1) is 13.5. The standard InChI is InChI=1S/C19H19N3O6/c1-27-11-12-28-19(24)21-16-4-2-3-15(13-16)20-18(23)10-7-14-5-8-17(9-6-14)22(25)26/h2-10,13H,11-12H2,1H3,(H,20,23)(H,21,24)/b10-7+. The van der Waals surface area contributed by atoms with E-state index in [4.69, 9.17) is 9.47 Å². The number of hydrogen-bond donors (Lipinski definition) is 2. The van der Waals surface area contributed by atoms with E-state index in [2.05, 4.69) is 10.6 Å². The molecular formula is C19H19N3O6. The van der Waals surface area contributed by atoms with Crippen LogP contribution in [0.1, 0.15) is 5.56 Å². The molecule has 28 heavy (non-hydrogen) atoms. The fourth-order valence-corrected chi connectivity index (χ4v) is 2.11. The molecule has 0 radical (unpaired) electrons. The van der Waals surface area contributed by atoms with Gasteiger partial charge in [-0.2, -0.15) is 0 Å². The van der Waals surface area contributed by atoms with Crippen molar-refractivity contribution in [3.63, 3.8) is 0 Å². The van der Waals surface area contributed by atoms with Crippen molar-refractivity contribution in [2.45, 2.75) is 0 Å². The van der Waals surface area contributed by atoms with Crippen LogP contribution < -0.4 is 10.6 Å². The van der Waals surface area contributed by atoms with E-state index in [-0.39, 0.29) is 12.3 Å². The van der Waals surface area contributed by atoms with Crippen molar-refractivity contribution in [2.75, 3.05) is 31.0 Å². The Kier molecular flexibility index (Phi) is 7.67. The molecule has 0 aliphatic carbocycles. The van der Waals surface area contributed by atoms with Crippen molar-refractivity contribution in [1.82, 2.24) is 0 Å². The highest BCUT2D eigenvalue weighted by atomic mass is 16.6. The summed E-state index contributed by atoms with van der Waals surface area (Å²) in [5.41, 5.74) is 1.56. The maximum Gasteiger partial charge on any atom is 0.411 e. The molecule has 0 aliphatic heterocycles. The number of nitrogens with zero attached hydrogens (tertiary/aromatic N) is 1. The molecule has 146 valence electrons. The maximum absolute atomic E-state index is 12.0. The van der Waals surface area contributed by atoms with Gasteiger partial charge in [0, 0.05) is 36.7 Å². The Labute approximate surface area is 161 Å². The Morgan fingerprint density at radius 2 is 1.75 bits per heavy atom. The second-order valence-electron chi connectivity index (χ2n) is 5.51. The molecular weight excluding hydrogens is 366 g/mol. The topological polar surface area (TPSA) is 120 Å². The van der Waals surface area contributed by atoms with Gasteiger partial charge in [-0.3, -0.25) is 20.2 Å². The van der Waals surface area contributed by atoms with Crippen LogP contribution in [-0.4, -0.2) is 37.2 Å². The Morgan fingerprint density at radius 1 is 1.07 bits per heavy atom. The second kappa shape index (κ2) is 10.4. The number of nitro groups is 1. The lowest BCUT2D eigenvalue weighted by Crippen LogP contribution is -2.16. The van der Waals surface area contributed by atoms with Gasteiger partial charge in [-0.25, -0.2) is 4.79 Å². The fraction of sp³-hybridized carbons (Fsp3) is 0.158. The number of amides is 2. The quantitative estimate of drug-likeness (QED) is 0.311. The number of non-ortho nitro benzene ring substituents is 1. The third kappa shape index (κ3) is 6.89. The monoisotopic (exact) mass is 385 g/mol. The molecule has 0 saturated heterocycles. The minimum absolute atomic E-state index is 0.0216. The molecule has 2 aromatic rings. The number of methoxy groups -OCH3 is 1. The van der Waals surface area contributed by atoms with E-state index < -0.39 is 16.9 Å². The molecule has 0 bridgehead atoms. The number of carbonyl (C=O) groups is 2. The molecule has 0 heterocycles. The van der Waals surface area contributed by atoms with Crippen LogP contribution in [0.25, 0.3) is 6.08 Å². The third-order valence-electron chi connectivity index (χ3n) is 3.43. The summed E-state index contributed by atoms with van der Waals surface area (Å²) in [4.78, 5) is 33.8. The van der Waals surface area contributed by atoms with Gasteiger partial charge in [0.15, 0.2) is 0 Å². The molecule has 9 nitrogen and oxygen atoms in total. The van der Waals surface area contributed by atoms with Gasteiger partial charge < -0.3 is 14.8 Å². The molecule has 9 heteroatoms. The molecule has 0 fully saturated rings. The van der Waals surface area contributed by atoms with E-state index in [9.17, 15) is 19.7 Å². The molecule has 0 saturated carbocycles. The van der Waals surface area contributed by atoms with E-state index in [0.717, 1.165) is 0 Å². The molecule has 2 amide bonds. The lowest BCUT2D eigenvalue weighted by molar-refractivity contribution is -0.384. The first-order valence-electron chi connectivity index (χ1n) is 8.24. The summed E-state index contributed by atoms with van der Waals surface area (Å²) in [5.74, 6) is -0.391. The Morgan fingerprint density at radius 3 is 2.39 bits per heavy atom. The van der Waals surface area contributed by atoms with E-state index in [0.29, 0.717) is 23.5 Å². The second-order valence-corrected chi connectivity index (χ2v) is 5.51. The number of nitro benzene ring substituents is 1. The summed E-state index contributed by atoms with van der Waals surface area (Å²) in [6.45, 7) is 0.427. The zero-order valence-corrected chi connectivity index (χ0v) is 15.1. The summed E-state index contributed by atoms with van der Waals surface area (Å²) in [5, 5.41) is 15.8. The molecule has 0 spiro atoms. The lowest BCUT2D eigenvalue weighted by Gasteiger charge is -2.08. The van der Waals surface area contributed by atoms with Crippen molar-refractivity contribution in [3.8, 4) is 0 Å². The zero-order chi connectivity index (χ0) is 20.4. The van der Waals surface area contributed by atoms with Gasteiger partial charge in [0.1, 0.15) is 6.61 Å². The van der Waals surface area contributed by atoms with Crippen LogP contribution in [-0.2, 0) is 14.3 Å². The average Bonchev–Trinajstić information content (AvgIpc) is 2.67. The van der Waals surface area contributed by atoms with Crippen LogP contribution in [0.15, 0.2) is 54.6 Å². The number of rotatable bonds is 8. The summed E-state index contributed by atoms with van der Waals surface area (Å²) in [6, 6.07) is 12.4. The highest BCUT2D eigenvalue weighted by Crippen LogP contribution is 2.16. The smallest absolute Gasteiger partial charge is 0.411 e. The maximum atomic E-state index is 12.0. The van der Waals surface area contributed by atoms with Crippen LogP contribution in [0.4, 0.5) is 21.9 Å². The Hall–Kier alpha value is -3.72. The third-order valence-corrected chi connectivity index (χ3v) is 3.43. The van der Waals surface area contributed by atoms with Gasteiger partial charge in [0.05, 0.1) is 11.5 Å².